The van der Waals surface area contributed by atoms with Crippen LogP contribution in [0.3, 0.4) is 0 Å². The molecule has 6 nitrogen and oxygen atoms in total. The molecule has 1 atom stereocenters. The molecule has 6 heteroatoms. The van der Waals surface area contributed by atoms with Crippen LogP contribution in [-0.2, 0) is 25.9 Å². The van der Waals surface area contributed by atoms with Crippen molar-refractivity contribution in [3.8, 4) is 11.5 Å². The minimum Gasteiger partial charge on any atom is -0.492 e. The topological polar surface area (TPSA) is 61.2 Å². The van der Waals surface area contributed by atoms with Gasteiger partial charge in [0.15, 0.2) is 5.82 Å². The Hall–Kier alpha value is -2.24. The fourth-order valence-corrected chi connectivity index (χ4v) is 3.70. The number of ether oxygens (including phenoxy) is 2. The molecule has 25 heavy (non-hydrogen) atoms. The van der Waals surface area contributed by atoms with Crippen LogP contribution in [0.5, 0.6) is 11.5 Å². The molecule has 0 unspecified atom stereocenters. The number of nitrogens with zero attached hydrogens (tertiary/aromatic N) is 3. The molecule has 0 bridgehead atoms. The number of anilines is 1. The van der Waals surface area contributed by atoms with Crippen molar-refractivity contribution in [1.29, 1.82) is 0 Å². The van der Waals surface area contributed by atoms with E-state index in [1.54, 1.807) is 0 Å². The summed E-state index contributed by atoms with van der Waals surface area (Å²) in [5.41, 5.74) is 2.18. The van der Waals surface area contributed by atoms with Crippen LogP contribution in [-0.4, -0.2) is 27.5 Å². The lowest BCUT2D eigenvalue weighted by Gasteiger charge is -2.14. The van der Waals surface area contributed by atoms with E-state index in [2.05, 4.69) is 39.1 Å². The fourth-order valence-electron chi connectivity index (χ4n) is 3.70. The quantitative estimate of drug-likeness (QED) is 0.903. The Morgan fingerprint density at radius 3 is 3.08 bits per heavy atom. The number of hydrogen-bond donors (Lipinski definition) is 1. The van der Waals surface area contributed by atoms with E-state index in [9.17, 15) is 0 Å². The maximum Gasteiger partial charge on any atom is 0.152 e. The second-order valence-corrected chi connectivity index (χ2v) is 6.87. The predicted molar refractivity (Wildman–Crippen MR) is 96.3 cm³/mol. The van der Waals surface area contributed by atoms with Gasteiger partial charge < -0.3 is 19.4 Å². The summed E-state index contributed by atoms with van der Waals surface area (Å²) in [6.45, 7) is 6.40. The van der Waals surface area contributed by atoms with E-state index in [0.29, 0.717) is 13.2 Å². The molecule has 3 heterocycles. The lowest BCUT2D eigenvalue weighted by molar-refractivity contribution is 0.254. The SMILES string of the molecule is CCOc1cc2c(cc1NCc1nnc3n1CCCCC3)O[C@@H](C)C2. The summed E-state index contributed by atoms with van der Waals surface area (Å²) in [5, 5.41) is 12.3. The van der Waals surface area contributed by atoms with E-state index < -0.39 is 0 Å². The third-order valence-electron chi connectivity index (χ3n) is 4.92. The zero-order valence-corrected chi connectivity index (χ0v) is 15.0. The molecule has 2 aliphatic heterocycles. The highest BCUT2D eigenvalue weighted by molar-refractivity contribution is 5.63. The van der Waals surface area contributed by atoms with Gasteiger partial charge in [-0.15, -0.1) is 10.2 Å². The third-order valence-corrected chi connectivity index (χ3v) is 4.92. The molecule has 0 saturated heterocycles. The molecule has 1 aromatic carbocycles. The lowest BCUT2D eigenvalue weighted by atomic mass is 10.1. The average molecular weight is 342 g/mol. The van der Waals surface area contributed by atoms with Crippen LogP contribution in [0.4, 0.5) is 5.69 Å². The highest BCUT2D eigenvalue weighted by Gasteiger charge is 2.22. The summed E-state index contributed by atoms with van der Waals surface area (Å²) in [6.07, 6.45) is 5.87. The van der Waals surface area contributed by atoms with Crippen molar-refractivity contribution < 1.29 is 9.47 Å². The van der Waals surface area contributed by atoms with Gasteiger partial charge in [-0.25, -0.2) is 0 Å². The Balaban J connectivity index is 1.55. The molecule has 1 aromatic heterocycles. The molecule has 1 N–H and O–H groups in total. The number of rotatable bonds is 5. The van der Waals surface area contributed by atoms with Crippen LogP contribution in [0.25, 0.3) is 0 Å². The molecule has 2 aromatic rings. The number of aryl methyl sites for hydroxylation is 1. The molecule has 0 aliphatic carbocycles. The van der Waals surface area contributed by atoms with E-state index in [-0.39, 0.29) is 6.10 Å². The smallest absolute Gasteiger partial charge is 0.152 e. The van der Waals surface area contributed by atoms with Crippen LogP contribution in [0.15, 0.2) is 12.1 Å². The maximum atomic E-state index is 5.90. The second kappa shape index (κ2) is 6.94. The third kappa shape index (κ3) is 3.30. The van der Waals surface area contributed by atoms with E-state index in [1.807, 2.05) is 6.92 Å². The number of nitrogens with one attached hydrogen (secondary N) is 1. The van der Waals surface area contributed by atoms with Crippen LogP contribution >= 0.6 is 0 Å². The first-order valence-electron chi connectivity index (χ1n) is 9.35. The van der Waals surface area contributed by atoms with E-state index in [1.165, 1.54) is 24.8 Å². The van der Waals surface area contributed by atoms with Gasteiger partial charge in [-0.3, -0.25) is 0 Å². The molecular formula is C19H26N4O2. The Bertz CT molecular complexity index is 756. The van der Waals surface area contributed by atoms with E-state index in [0.717, 1.165) is 48.2 Å². The Kier molecular flexibility index (Phi) is 4.51. The zero-order valence-electron chi connectivity index (χ0n) is 15.0. The highest BCUT2D eigenvalue weighted by atomic mass is 16.5. The van der Waals surface area contributed by atoms with Crippen molar-refractivity contribution in [2.45, 2.75) is 65.1 Å². The molecule has 0 amide bonds. The van der Waals surface area contributed by atoms with Crippen LogP contribution < -0.4 is 14.8 Å². The van der Waals surface area contributed by atoms with Crippen molar-refractivity contribution in [3.63, 3.8) is 0 Å². The standard InChI is InChI=1S/C19H26N4O2/c1-3-24-17-10-14-9-13(2)25-16(14)11-15(17)20-12-19-22-21-18-7-5-4-6-8-23(18)19/h10-11,13,20H,3-9,12H2,1-2H3/t13-/m0/s1. The van der Waals surface area contributed by atoms with Gasteiger partial charge >= 0.3 is 0 Å². The van der Waals surface area contributed by atoms with Crippen molar-refractivity contribution in [2.75, 3.05) is 11.9 Å². The van der Waals surface area contributed by atoms with Crippen molar-refractivity contribution in [2.24, 2.45) is 0 Å². The van der Waals surface area contributed by atoms with Gasteiger partial charge in [0.05, 0.1) is 18.8 Å². The van der Waals surface area contributed by atoms with Crippen LogP contribution in [0.2, 0.25) is 0 Å². The number of benzene rings is 1. The fraction of sp³-hybridized carbons (Fsp3) is 0.579. The van der Waals surface area contributed by atoms with Crippen LogP contribution in [0, 0.1) is 0 Å². The van der Waals surface area contributed by atoms with Gasteiger partial charge in [0.1, 0.15) is 23.4 Å². The van der Waals surface area contributed by atoms with E-state index >= 15 is 0 Å². The Labute approximate surface area is 148 Å². The molecule has 0 saturated carbocycles. The van der Waals surface area contributed by atoms with Gasteiger partial charge in [0.2, 0.25) is 0 Å². The van der Waals surface area contributed by atoms with Crippen LogP contribution in [0.1, 0.15) is 50.3 Å². The molecular weight excluding hydrogens is 316 g/mol. The Morgan fingerprint density at radius 1 is 1.28 bits per heavy atom. The van der Waals surface area contributed by atoms with Crippen molar-refractivity contribution in [1.82, 2.24) is 14.8 Å². The minimum absolute atomic E-state index is 0.229. The number of aromatic nitrogens is 3. The lowest BCUT2D eigenvalue weighted by Crippen LogP contribution is -2.11. The summed E-state index contributed by atoms with van der Waals surface area (Å²) < 4.78 is 14.0. The second-order valence-electron chi connectivity index (χ2n) is 6.87. The molecule has 4 rings (SSSR count). The first-order chi connectivity index (χ1) is 12.2. The zero-order chi connectivity index (χ0) is 17.2. The largest absolute Gasteiger partial charge is 0.492 e. The minimum atomic E-state index is 0.229. The number of fused-ring (bicyclic) bond motifs is 2. The first kappa shape index (κ1) is 16.2. The summed E-state index contributed by atoms with van der Waals surface area (Å²) >= 11 is 0. The molecule has 2 aliphatic rings. The van der Waals surface area contributed by atoms with Gasteiger partial charge in [0, 0.05) is 31.0 Å². The maximum absolute atomic E-state index is 5.90. The summed E-state index contributed by atoms with van der Waals surface area (Å²) in [5.74, 6) is 3.95. The van der Waals surface area contributed by atoms with Crippen molar-refractivity contribution >= 4 is 5.69 Å². The Morgan fingerprint density at radius 2 is 2.20 bits per heavy atom. The van der Waals surface area contributed by atoms with Gasteiger partial charge in [-0.2, -0.15) is 0 Å². The number of hydrogen-bond acceptors (Lipinski definition) is 5. The predicted octanol–water partition coefficient (Wildman–Crippen LogP) is 3.34. The van der Waals surface area contributed by atoms with Gasteiger partial charge in [0.25, 0.3) is 0 Å². The molecule has 0 spiro atoms. The summed E-state index contributed by atoms with van der Waals surface area (Å²) in [6, 6.07) is 4.17. The monoisotopic (exact) mass is 342 g/mol. The summed E-state index contributed by atoms with van der Waals surface area (Å²) in [7, 11) is 0. The normalized spacial score (nSPS) is 18.9. The highest BCUT2D eigenvalue weighted by Crippen LogP contribution is 2.38. The molecule has 134 valence electrons. The first-order valence-corrected chi connectivity index (χ1v) is 9.35. The average Bonchev–Trinajstić information content (AvgIpc) is 3.06. The van der Waals surface area contributed by atoms with Gasteiger partial charge in [-0.05, 0) is 32.8 Å². The molecule has 0 radical (unpaired) electrons. The van der Waals surface area contributed by atoms with Crippen molar-refractivity contribution in [3.05, 3.63) is 29.3 Å². The summed E-state index contributed by atoms with van der Waals surface area (Å²) in [4.78, 5) is 0. The van der Waals surface area contributed by atoms with Gasteiger partial charge in [-0.1, -0.05) is 6.42 Å². The van der Waals surface area contributed by atoms with E-state index in [4.69, 9.17) is 9.47 Å². The molecule has 0 fully saturated rings.